The first-order valence-electron chi connectivity index (χ1n) is 15.9. The van der Waals surface area contributed by atoms with Gasteiger partial charge in [0.25, 0.3) is 0 Å². The van der Waals surface area contributed by atoms with Crippen LogP contribution in [0.5, 0.6) is 11.5 Å². The Bertz CT molecular complexity index is 1950. The van der Waals surface area contributed by atoms with E-state index < -0.39 is 40.3 Å². The van der Waals surface area contributed by atoms with Crippen molar-refractivity contribution in [3.05, 3.63) is 123 Å². The normalized spacial score (nSPS) is 13.0. The van der Waals surface area contributed by atoms with Crippen molar-refractivity contribution in [2.45, 2.75) is 68.4 Å². The molecule has 0 saturated carbocycles. The number of alkyl halides is 3. The first-order valence-corrected chi connectivity index (χ1v) is 16.8. The van der Waals surface area contributed by atoms with Crippen LogP contribution in [0.25, 0.3) is 11.0 Å². The number of fused-ring (bicyclic) bond motifs is 1. The Kier molecular flexibility index (Phi) is 15.6. The van der Waals surface area contributed by atoms with Gasteiger partial charge in [0.2, 0.25) is 0 Å². The second-order valence-electron chi connectivity index (χ2n) is 11.5. The molecule has 0 unspecified atom stereocenters. The van der Waals surface area contributed by atoms with E-state index in [2.05, 4.69) is 0 Å². The molecule has 4 aromatic rings. The van der Waals surface area contributed by atoms with Gasteiger partial charge in [-0.1, -0.05) is 49.8 Å². The maximum atomic E-state index is 13.4. The molecule has 264 valence electrons. The number of unbranched alkanes of at least 4 members (excludes halogenated alkanes) is 2. The summed E-state index contributed by atoms with van der Waals surface area (Å²) in [6.07, 6.45) is 4.50. The van der Waals surface area contributed by atoms with E-state index in [0.29, 0.717) is 42.1 Å². The summed E-state index contributed by atoms with van der Waals surface area (Å²) in [7, 11) is 0. The van der Waals surface area contributed by atoms with Gasteiger partial charge in [-0.15, -0.1) is 11.8 Å². The molecule has 0 amide bonds. The van der Waals surface area contributed by atoms with Crippen molar-refractivity contribution in [3.63, 3.8) is 0 Å². The number of aromatic carboxylic acids is 1. The van der Waals surface area contributed by atoms with E-state index in [1.165, 1.54) is 31.2 Å². The predicted molar refractivity (Wildman–Crippen MR) is 183 cm³/mol. The molecule has 3 aromatic carbocycles. The quantitative estimate of drug-likeness (QED) is 0.0557. The molecule has 4 rings (SSSR count). The standard InChI is InChI=1S/C38H37F3O8S.Na/c1-3-11-29-31(18-17-27(23(2)42)36(29)45)48-19-9-7-5-4-6-8-14-34(35(44)24-12-10-13-25(20-24)38(39,40)41)50-26-15-16-28-30(43)22-33(37(46)47)49-32(28)21-26;/h4,6,8,10,12-18,20-22,34-35,44-45H,3,5,7,9,11,19H2,1-2H3,(H,46,47);/q;+1/p-1/b6-4+,14-8+;/t34-,35+;/m0./s1. The maximum Gasteiger partial charge on any atom is 1.00 e. The second kappa shape index (κ2) is 19.1. The monoisotopic (exact) mass is 732 g/mol. The summed E-state index contributed by atoms with van der Waals surface area (Å²) in [5.41, 5.74) is -0.583. The third-order valence-electron chi connectivity index (χ3n) is 7.73. The summed E-state index contributed by atoms with van der Waals surface area (Å²) >= 11 is 1.09. The average molecular weight is 733 g/mol. The Morgan fingerprint density at radius 2 is 1.82 bits per heavy atom. The van der Waals surface area contributed by atoms with Crippen LogP contribution in [0, 0.1) is 0 Å². The molecule has 0 aliphatic rings. The number of allylic oxidation sites excluding steroid dienone is 3. The van der Waals surface area contributed by atoms with Crippen molar-refractivity contribution < 1.29 is 76.8 Å². The molecular weight excluding hydrogens is 696 g/mol. The summed E-state index contributed by atoms with van der Waals surface area (Å²) < 4.78 is 51.5. The molecule has 1 heterocycles. The number of carboxylic acids is 1. The van der Waals surface area contributed by atoms with Crippen LogP contribution in [0.4, 0.5) is 13.2 Å². The Hall–Kier alpha value is -3.81. The average Bonchev–Trinajstić information content (AvgIpc) is 3.07. The van der Waals surface area contributed by atoms with Crippen LogP contribution in [0.3, 0.4) is 0 Å². The molecule has 0 saturated heterocycles. The molecular formula is C38H36F3NaO8S. The third-order valence-corrected chi connectivity index (χ3v) is 8.94. The molecule has 0 fully saturated rings. The molecule has 0 aliphatic carbocycles. The molecule has 0 bridgehead atoms. The van der Waals surface area contributed by atoms with Crippen LogP contribution >= 0.6 is 11.8 Å². The van der Waals surface area contributed by atoms with E-state index in [1.54, 1.807) is 36.4 Å². The zero-order valence-corrected chi connectivity index (χ0v) is 31.2. The number of halogens is 3. The Balaban J connectivity index is 0.00000702. The number of thioether (sulfide) groups is 1. The zero-order valence-electron chi connectivity index (χ0n) is 28.4. The number of benzene rings is 3. The Labute approximate surface area is 319 Å². The first kappa shape index (κ1) is 41.6. The summed E-state index contributed by atoms with van der Waals surface area (Å²) in [6, 6.07) is 12.9. The summed E-state index contributed by atoms with van der Waals surface area (Å²) in [6.45, 7) is 3.77. The maximum absolute atomic E-state index is 13.4. The molecule has 8 nitrogen and oxygen atoms in total. The fourth-order valence-corrected chi connectivity index (χ4v) is 6.28. The number of Topliss-reactive ketones (excluding diaryl/α,β-unsaturated/α-hetero) is 1. The van der Waals surface area contributed by atoms with Gasteiger partial charge in [0.1, 0.15) is 23.1 Å². The molecule has 51 heavy (non-hydrogen) atoms. The molecule has 2 N–H and O–H groups in total. The van der Waals surface area contributed by atoms with E-state index in [9.17, 15) is 42.9 Å². The topological polar surface area (TPSA) is 137 Å². The Morgan fingerprint density at radius 3 is 2.51 bits per heavy atom. The van der Waals surface area contributed by atoms with Crippen molar-refractivity contribution in [1.29, 1.82) is 0 Å². The van der Waals surface area contributed by atoms with Crippen molar-refractivity contribution >= 4 is 34.5 Å². The van der Waals surface area contributed by atoms with Crippen LogP contribution in [0.15, 0.2) is 99.1 Å². The number of carbonyl (C=O) groups excluding carboxylic acids is 2. The summed E-state index contributed by atoms with van der Waals surface area (Å²) in [5.74, 6) is -2.03. The van der Waals surface area contributed by atoms with Gasteiger partial charge in [-0.25, -0.2) is 0 Å². The number of ketones is 1. The van der Waals surface area contributed by atoms with Crippen LogP contribution in [-0.2, 0) is 12.6 Å². The molecule has 0 radical (unpaired) electrons. The van der Waals surface area contributed by atoms with Crippen molar-refractivity contribution in [3.8, 4) is 11.5 Å². The van der Waals surface area contributed by atoms with Gasteiger partial charge in [0, 0.05) is 16.5 Å². The van der Waals surface area contributed by atoms with Gasteiger partial charge in [-0.2, -0.15) is 13.2 Å². The van der Waals surface area contributed by atoms with Crippen molar-refractivity contribution in [2.75, 3.05) is 6.61 Å². The minimum atomic E-state index is -4.60. The molecule has 13 heteroatoms. The largest absolute Gasteiger partial charge is 1.00 e. The third kappa shape index (κ3) is 11.3. The number of hydrogen-bond acceptors (Lipinski definition) is 9. The number of rotatable bonds is 16. The van der Waals surface area contributed by atoms with Gasteiger partial charge < -0.3 is 29.3 Å². The van der Waals surface area contributed by atoms with Crippen LogP contribution in [0.1, 0.15) is 83.2 Å². The number of aromatic hydroxyl groups is 1. The summed E-state index contributed by atoms with van der Waals surface area (Å²) in [4.78, 5) is 35.9. The zero-order chi connectivity index (χ0) is 36.4. The van der Waals surface area contributed by atoms with E-state index >= 15 is 0 Å². The minimum Gasteiger partial charge on any atom is -0.542 e. The summed E-state index contributed by atoms with van der Waals surface area (Å²) in [5, 5.41) is 32.4. The smallest absolute Gasteiger partial charge is 0.542 e. The van der Waals surface area contributed by atoms with Gasteiger partial charge in [-0.05, 0) is 80.6 Å². The number of phenolic OH excluding ortho intramolecular Hbond substituents is 1. The fraction of sp³-hybridized carbons (Fsp3) is 0.289. The SMILES string of the molecule is CCCc1c(OCCCC/C=C/C=C/[C@H](Sc2ccc3c(=O)cc(C(=O)[O-])oc3c2)[C@H](O)c2cccc(C(F)(F)F)c2)ccc(C(C)=O)c1O.[Na+]. The number of hydrogen-bond donors (Lipinski definition) is 2. The van der Waals surface area contributed by atoms with E-state index in [1.807, 2.05) is 13.0 Å². The minimum absolute atomic E-state index is 0. The number of phenols is 1. The number of aliphatic hydroxyl groups is 1. The van der Waals surface area contributed by atoms with Crippen molar-refractivity contribution in [2.24, 2.45) is 0 Å². The van der Waals surface area contributed by atoms with Crippen LogP contribution < -0.4 is 44.8 Å². The predicted octanol–water partition coefficient (Wildman–Crippen LogP) is 4.60. The van der Waals surface area contributed by atoms with Gasteiger partial charge in [-0.3, -0.25) is 9.59 Å². The fourth-order valence-electron chi connectivity index (χ4n) is 5.19. The van der Waals surface area contributed by atoms with Crippen LogP contribution in [-0.4, -0.2) is 33.8 Å². The molecule has 0 spiro atoms. The van der Waals surface area contributed by atoms with Gasteiger partial charge in [0.05, 0.1) is 34.5 Å². The first-order chi connectivity index (χ1) is 23.8. The molecule has 1 aromatic heterocycles. The van der Waals surface area contributed by atoms with E-state index in [0.717, 1.165) is 42.8 Å². The van der Waals surface area contributed by atoms with Crippen LogP contribution in [0.2, 0.25) is 0 Å². The molecule has 0 aliphatic heterocycles. The van der Waals surface area contributed by atoms with Gasteiger partial charge in [0.15, 0.2) is 17.0 Å². The number of aliphatic hydroxyl groups excluding tert-OH is 1. The van der Waals surface area contributed by atoms with Crippen molar-refractivity contribution in [1.82, 2.24) is 0 Å². The number of ether oxygens (including phenoxy) is 1. The van der Waals surface area contributed by atoms with E-state index in [4.69, 9.17) is 9.15 Å². The van der Waals surface area contributed by atoms with Gasteiger partial charge >= 0.3 is 35.7 Å². The Morgan fingerprint density at radius 1 is 1.06 bits per heavy atom. The second-order valence-corrected chi connectivity index (χ2v) is 12.7. The number of carboxylic acid groups (broad SMARTS) is 1. The number of carbonyl (C=O) groups is 2. The van der Waals surface area contributed by atoms with E-state index in [-0.39, 0.29) is 63.2 Å². The molecule has 2 atom stereocenters.